The van der Waals surface area contributed by atoms with Crippen LogP contribution in [-0.4, -0.2) is 66.7 Å². The topological polar surface area (TPSA) is 37.7 Å². The molecule has 5 heteroatoms. The number of likely N-dealkylation sites (tertiary alicyclic amines) is 1. The lowest BCUT2D eigenvalue weighted by atomic mass is 10.1. The average molecular weight is 293 g/mol. The van der Waals surface area contributed by atoms with Gasteiger partial charge < -0.3 is 19.1 Å². The van der Waals surface area contributed by atoms with Gasteiger partial charge in [0.15, 0.2) is 0 Å². The molecular weight excluding hydrogens is 266 g/mol. The molecule has 1 aliphatic rings. The number of likely N-dealkylation sites (N-methyl/N-ethyl adjacent to an activating group) is 1. The highest BCUT2D eigenvalue weighted by Gasteiger charge is 2.25. The molecule has 2 heterocycles. The fourth-order valence-electron chi connectivity index (χ4n) is 2.62. The highest BCUT2D eigenvalue weighted by atomic mass is 16.5. The van der Waals surface area contributed by atoms with Gasteiger partial charge in [-0.1, -0.05) is 0 Å². The monoisotopic (exact) mass is 293 g/mol. The van der Waals surface area contributed by atoms with Gasteiger partial charge in [0.25, 0.3) is 5.91 Å². The van der Waals surface area contributed by atoms with E-state index in [2.05, 4.69) is 4.90 Å². The summed E-state index contributed by atoms with van der Waals surface area (Å²) in [5, 5.41) is 0. The number of rotatable bonds is 5. The number of aromatic nitrogens is 1. The lowest BCUT2D eigenvalue weighted by Crippen LogP contribution is -2.41. The first-order valence-corrected chi connectivity index (χ1v) is 7.67. The average Bonchev–Trinajstić information content (AvgIpc) is 2.79. The predicted molar refractivity (Wildman–Crippen MR) is 83.6 cm³/mol. The van der Waals surface area contributed by atoms with Crippen LogP contribution in [0, 0.1) is 6.92 Å². The van der Waals surface area contributed by atoms with E-state index in [1.807, 2.05) is 49.7 Å². The van der Waals surface area contributed by atoms with E-state index in [-0.39, 0.29) is 5.91 Å². The van der Waals surface area contributed by atoms with Crippen LogP contribution in [0.1, 0.15) is 29.0 Å². The number of carbonyl (C=O) groups is 1. The second kappa shape index (κ2) is 7.09. The summed E-state index contributed by atoms with van der Waals surface area (Å²) in [6, 6.07) is 3.90. The van der Waals surface area contributed by atoms with Crippen LogP contribution in [0.5, 0.6) is 0 Å². The maximum absolute atomic E-state index is 12.5. The Bertz CT molecular complexity index is 474. The highest BCUT2D eigenvalue weighted by Crippen LogP contribution is 2.17. The lowest BCUT2D eigenvalue weighted by Gasteiger charge is -2.32. The van der Waals surface area contributed by atoms with E-state index in [9.17, 15) is 4.79 Å². The van der Waals surface area contributed by atoms with Crippen LogP contribution in [-0.2, 0) is 11.8 Å². The fourth-order valence-corrected chi connectivity index (χ4v) is 2.62. The molecular formula is C16H27N3O2. The van der Waals surface area contributed by atoms with Gasteiger partial charge in [-0.2, -0.15) is 0 Å². The zero-order valence-corrected chi connectivity index (χ0v) is 13.6. The third-order valence-electron chi connectivity index (χ3n) is 4.21. The molecule has 0 N–H and O–H groups in total. The van der Waals surface area contributed by atoms with Crippen molar-refractivity contribution in [1.82, 2.24) is 14.4 Å². The number of ether oxygens (including phenoxy) is 1. The Morgan fingerprint density at radius 2 is 2.00 bits per heavy atom. The molecule has 118 valence electrons. The molecule has 21 heavy (non-hydrogen) atoms. The van der Waals surface area contributed by atoms with Crippen molar-refractivity contribution in [3.8, 4) is 0 Å². The van der Waals surface area contributed by atoms with Gasteiger partial charge in [-0.15, -0.1) is 0 Å². The molecule has 0 unspecified atom stereocenters. The van der Waals surface area contributed by atoms with E-state index in [0.29, 0.717) is 6.10 Å². The molecule has 1 fully saturated rings. The number of piperidine rings is 1. The first-order chi connectivity index (χ1) is 9.99. The molecule has 0 aliphatic carbocycles. The van der Waals surface area contributed by atoms with Gasteiger partial charge in [0.2, 0.25) is 0 Å². The van der Waals surface area contributed by atoms with Gasteiger partial charge in [-0.3, -0.25) is 4.79 Å². The Kier molecular flexibility index (Phi) is 5.42. The molecule has 1 aromatic rings. The molecule has 0 atom stereocenters. The Morgan fingerprint density at radius 1 is 1.33 bits per heavy atom. The molecule has 0 spiro atoms. The second-order valence-electron chi connectivity index (χ2n) is 6.08. The zero-order valence-electron chi connectivity index (χ0n) is 13.6. The maximum atomic E-state index is 12.5. The van der Waals surface area contributed by atoms with Gasteiger partial charge in [0.05, 0.1) is 12.7 Å². The van der Waals surface area contributed by atoms with Crippen LogP contribution in [0.4, 0.5) is 0 Å². The Morgan fingerprint density at radius 3 is 2.52 bits per heavy atom. The minimum absolute atomic E-state index is 0.136. The van der Waals surface area contributed by atoms with E-state index < -0.39 is 0 Å². The first-order valence-electron chi connectivity index (χ1n) is 7.67. The normalized spacial score (nSPS) is 16.7. The summed E-state index contributed by atoms with van der Waals surface area (Å²) in [6.07, 6.45) is 2.16. The Labute approximate surface area is 127 Å². The minimum atomic E-state index is 0.136. The van der Waals surface area contributed by atoms with Gasteiger partial charge >= 0.3 is 0 Å². The van der Waals surface area contributed by atoms with Crippen LogP contribution >= 0.6 is 0 Å². The van der Waals surface area contributed by atoms with Gasteiger partial charge in [0, 0.05) is 32.4 Å². The summed E-state index contributed by atoms with van der Waals surface area (Å²) in [7, 11) is 6.04. The van der Waals surface area contributed by atoms with Crippen molar-refractivity contribution in [3.05, 3.63) is 23.5 Å². The number of nitrogens with zero attached hydrogens (tertiary/aromatic N) is 3. The van der Waals surface area contributed by atoms with Crippen molar-refractivity contribution in [2.45, 2.75) is 25.9 Å². The highest BCUT2D eigenvalue weighted by molar-refractivity contribution is 5.93. The number of hydrogen-bond acceptors (Lipinski definition) is 3. The van der Waals surface area contributed by atoms with Crippen molar-refractivity contribution in [2.24, 2.45) is 7.05 Å². The standard InChI is InChI=1S/C16H27N3O2/c1-13-5-6-15(18(13)4)16(20)19-9-7-14(8-10-19)21-12-11-17(2)3/h5-6,14H,7-12H2,1-4H3. The van der Waals surface area contributed by atoms with E-state index in [1.165, 1.54) is 0 Å². The molecule has 2 rings (SSSR count). The smallest absolute Gasteiger partial charge is 0.270 e. The van der Waals surface area contributed by atoms with E-state index in [0.717, 1.165) is 50.5 Å². The van der Waals surface area contributed by atoms with Crippen molar-refractivity contribution < 1.29 is 9.53 Å². The third kappa shape index (κ3) is 4.08. The van der Waals surface area contributed by atoms with Crippen LogP contribution in [0.25, 0.3) is 0 Å². The maximum Gasteiger partial charge on any atom is 0.270 e. The summed E-state index contributed by atoms with van der Waals surface area (Å²) < 4.78 is 7.83. The SMILES string of the molecule is Cc1ccc(C(=O)N2CCC(OCCN(C)C)CC2)n1C. The third-order valence-corrected chi connectivity index (χ3v) is 4.21. The molecule has 1 saturated heterocycles. The molecule has 1 amide bonds. The van der Waals surface area contributed by atoms with Crippen molar-refractivity contribution in [1.29, 1.82) is 0 Å². The van der Waals surface area contributed by atoms with Crippen LogP contribution in [0.3, 0.4) is 0 Å². The number of amides is 1. The largest absolute Gasteiger partial charge is 0.377 e. The minimum Gasteiger partial charge on any atom is -0.377 e. The van der Waals surface area contributed by atoms with Crippen LogP contribution < -0.4 is 0 Å². The van der Waals surface area contributed by atoms with Crippen molar-refractivity contribution in [2.75, 3.05) is 40.3 Å². The molecule has 0 bridgehead atoms. The first kappa shape index (κ1) is 16.0. The molecule has 0 radical (unpaired) electrons. The molecule has 1 aliphatic heterocycles. The Hall–Kier alpha value is -1.33. The molecule has 0 saturated carbocycles. The van der Waals surface area contributed by atoms with E-state index >= 15 is 0 Å². The van der Waals surface area contributed by atoms with E-state index in [1.54, 1.807) is 0 Å². The van der Waals surface area contributed by atoms with Crippen molar-refractivity contribution >= 4 is 5.91 Å². The van der Waals surface area contributed by atoms with Crippen molar-refractivity contribution in [3.63, 3.8) is 0 Å². The van der Waals surface area contributed by atoms with E-state index in [4.69, 9.17) is 4.74 Å². The van der Waals surface area contributed by atoms with Crippen LogP contribution in [0.2, 0.25) is 0 Å². The summed E-state index contributed by atoms with van der Waals surface area (Å²) in [5.41, 5.74) is 1.89. The summed E-state index contributed by atoms with van der Waals surface area (Å²) in [4.78, 5) is 16.6. The van der Waals surface area contributed by atoms with Gasteiger partial charge in [0.1, 0.15) is 5.69 Å². The molecule has 1 aromatic heterocycles. The summed E-state index contributed by atoms with van der Waals surface area (Å²) in [6.45, 7) is 5.30. The fraction of sp³-hybridized carbons (Fsp3) is 0.688. The quantitative estimate of drug-likeness (QED) is 0.826. The zero-order chi connectivity index (χ0) is 15.4. The number of hydrogen-bond donors (Lipinski definition) is 0. The summed E-state index contributed by atoms with van der Waals surface area (Å²) >= 11 is 0. The van der Waals surface area contributed by atoms with Gasteiger partial charge in [-0.25, -0.2) is 0 Å². The number of aryl methyl sites for hydroxylation is 1. The molecule has 5 nitrogen and oxygen atoms in total. The lowest BCUT2D eigenvalue weighted by molar-refractivity contribution is 0.00371. The van der Waals surface area contributed by atoms with Crippen LogP contribution in [0.15, 0.2) is 12.1 Å². The van der Waals surface area contributed by atoms with Gasteiger partial charge in [-0.05, 0) is 46.0 Å². The molecule has 0 aromatic carbocycles. The Balaban J connectivity index is 1.81. The number of carbonyl (C=O) groups excluding carboxylic acids is 1. The second-order valence-corrected chi connectivity index (χ2v) is 6.08. The predicted octanol–water partition coefficient (Wildman–Crippen LogP) is 1.52. The summed E-state index contributed by atoms with van der Waals surface area (Å²) in [5.74, 6) is 0.136.